The van der Waals surface area contributed by atoms with Gasteiger partial charge in [0.2, 0.25) is 5.91 Å². The maximum absolute atomic E-state index is 12.5. The van der Waals surface area contributed by atoms with Crippen LogP contribution in [0.2, 0.25) is 0 Å². The molecular formula is C13H24N2O. The number of nitrogens with one attached hydrogen (secondary N) is 1. The molecule has 0 spiro atoms. The van der Waals surface area contributed by atoms with Crippen LogP contribution in [0.25, 0.3) is 0 Å². The van der Waals surface area contributed by atoms with Crippen molar-refractivity contribution >= 4 is 5.91 Å². The number of carbonyl (C=O) groups is 1. The van der Waals surface area contributed by atoms with Crippen molar-refractivity contribution in [1.29, 1.82) is 0 Å². The first-order valence-corrected chi connectivity index (χ1v) is 6.53. The Hall–Kier alpha value is -0.570. The molecule has 0 radical (unpaired) electrons. The second-order valence-electron chi connectivity index (χ2n) is 6.02. The first-order chi connectivity index (χ1) is 7.52. The standard InChI is InChI=1S/C13H24N2O/c1-10-9-14-7-8-15(10)12(16)11-5-4-6-13(11,2)3/h10-11,14H,4-9H2,1-3H3/t10-,11?/m1/s1. The number of carbonyl (C=O) groups excluding carboxylic acids is 1. The summed E-state index contributed by atoms with van der Waals surface area (Å²) in [6.45, 7) is 9.41. The van der Waals surface area contributed by atoms with E-state index in [2.05, 4.69) is 31.0 Å². The quantitative estimate of drug-likeness (QED) is 0.734. The van der Waals surface area contributed by atoms with Crippen molar-refractivity contribution in [2.24, 2.45) is 11.3 Å². The summed E-state index contributed by atoms with van der Waals surface area (Å²) >= 11 is 0. The van der Waals surface area contributed by atoms with Gasteiger partial charge in [-0.3, -0.25) is 4.79 Å². The van der Waals surface area contributed by atoms with E-state index in [1.165, 1.54) is 12.8 Å². The lowest BCUT2D eigenvalue weighted by Gasteiger charge is -2.38. The average molecular weight is 224 g/mol. The van der Waals surface area contributed by atoms with Crippen LogP contribution in [0.3, 0.4) is 0 Å². The predicted molar refractivity (Wildman–Crippen MR) is 65.2 cm³/mol. The van der Waals surface area contributed by atoms with E-state index in [1.807, 2.05) is 0 Å². The molecule has 1 N–H and O–H groups in total. The third kappa shape index (κ3) is 2.10. The van der Waals surface area contributed by atoms with Gasteiger partial charge in [-0.2, -0.15) is 0 Å². The van der Waals surface area contributed by atoms with Gasteiger partial charge in [-0.1, -0.05) is 20.3 Å². The summed E-state index contributed by atoms with van der Waals surface area (Å²) in [4.78, 5) is 14.6. The number of piperazine rings is 1. The van der Waals surface area contributed by atoms with Gasteiger partial charge in [0.25, 0.3) is 0 Å². The molecule has 1 saturated carbocycles. The summed E-state index contributed by atoms with van der Waals surface area (Å²) in [5, 5.41) is 3.34. The third-order valence-electron chi connectivity index (χ3n) is 4.34. The SMILES string of the molecule is C[C@@H]1CNCCN1C(=O)C1CCCC1(C)C. The maximum atomic E-state index is 12.5. The van der Waals surface area contributed by atoms with Gasteiger partial charge < -0.3 is 10.2 Å². The lowest BCUT2D eigenvalue weighted by Crippen LogP contribution is -2.54. The summed E-state index contributed by atoms with van der Waals surface area (Å²) in [5.74, 6) is 0.657. The Morgan fingerprint density at radius 1 is 1.44 bits per heavy atom. The van der Waals surface area contributed by atoms with Gasteiger partial charge in [0.05, 0.1) is 0 Å². The fraction of sp³-hybridized carbons (Fsp3) is 0.923. The van der Waals surface area contributed by atoms with Gasteiger partial charge in [0, 0.05) is 31.6 Å². The molecular weight excluding hydrogens is 200 g/mol. The van der Waals surface area contributed by atoms with Crippen LogP contribution in [0, 0.1) is 11.3 Å². The normalized spacial score (nSPS) is 34.1. The molecule has 92 valence electrons. The fourth-order valence-corrected chi connectivity index (χ4v) is 3.15. The highest BCUT2D eigenvalue weighted by molar-refractivity contribution is 5.80. The molecule has 2 atom stereocenters. The number of nitrogens with zero attached hydrogens (tertiary/aromatic N) is 1. The lowest BCUT2D eigenvalue weighted by molar-refractivity contribution is -0.141. The third-order valence-corrected chi connectivity index (χ3v) is 4.34. The largest absolute Gasteiger partial charge is 0.337 e. The highest BCUT2D eigenvalue weighted by atomic mass is 16.2. The van der Waals surface area contributed by atoms with Gasteiger partial charge >= 0.3 is 0 Å². The van der Waals surface area contributed by atoms with E-state index < -0.39 is 0 Å². The van der Waals surface area contributed by atoms with Crippen molar-refractivity contribution in [1.82, 2.24) is 10.2 Å². The molecule has 1 heterocycles. The Bertz CT molecular complexity index is 275. The van der Waals surface area contributed by atoms with Gasteiger partial charge in [0.1, 0.15) is 0 Å². The molecule has 2 rings (SSSR count). The minimum atomic E-state index is 0.210. The van der Waals surface area contributed by atoms with Crippen molar-refractivity contribution in [3.8, 4) is 0 Å². The van der Waals surface area contributed by atoms with E-state index in [9.17, 15) is 4.79 Å². The molecule has 0 aromatic heterocycles. The van der Waals surface area contributed by atoms with Gasteiger partial charge in [-0.25, -0.2) is 0 Å². The Labute approximate surface area is 98.6 Å². The van der Waals surface area contributed by atoms with Gasteiger partial charge in [-0.05, 0) is 25.2 Å². The number of rotatable bonds is 1. The van der Waals surface area contributed by atoms with Crippen LogP contribution in [0.5, 0.6) is 0 Å². The topological polar surface area (TPSA) is 32.3 Å². The summed E-state index contributed by atoms with van der Waals surface area (Å²) in [5.41, 5.74) is 0.210. The summed E-state index contributed by atoms with van der Waals surface area (Å²) < 4.78 is 0. The van der Waals surface area contributed by atoms with Crippen LogP contribution >= 0.6 is 0 Å². The molecule has 2 aliphatic rings. The molecule has 16 heavy (non-hydrogen) atoms. The Kier molecular flexibility index (Phi) is 3.24. The molecule has 0 aromatic rings. The first-order valence-electron chi connectivity index (χ1n) is 6.53. The molecule has 1 unspecified atom stereocenters. The molecule has 0 bridgehead atoms. The van der Waals surface area contributed by atoms with E-state index in [0.29, 0.717) is 11.9 Å². The zero-order valence-corrected chi connectivity index (χ0v) is 10.8. The molecule has 3 nitrogen and oxygen atoms in total. The van der Waals surface area contributed by atoms with Crippen molar-refractivity contribution in [3.63, 3.8) is 0 Å². The first kappa shape index (κ1) is 11.9. The van der Waals surface area contributed by atoms with Crippen molar-refractivity contribution in [2.45, 2.75) is 46.1 Å². The van der Waals surface area contributed by atoms with Crippen LogP contribution in [0.1, 0.15) is 40.0 Å². The highest BCUT2D eigenvalue weighted by Crippen LogP contribution is 2.43. The predicted octanol–water partition coefficient (Wildman–Crippen LogP) is 1.63. The van der Waals surface area contributed by atoms with E-state index in [0.717, 1.165) is 26.1 Å². The summed E-state index contributed by atoms with van der Waals surface area (Å²) in [7, 11) is 0. The van der Waals surface area contributed by atoms with Crippen LogP contribution in [-0.2, 0) is 4.79 Å². The minimum absolute atomic E-state index is 0.210. The van der Waals surface area contributed by atoms with Crippen LogP contribution < -0.4 is 5.32 Å². The second kappa shape index (κ2) is 4.36. The average Bonchev–Trinajstić information content (AvgIpc) is 2.58. The number of hydrogen-bond acceptors (Lipinski definition) is 2. The van der Waals surface area contributed by atoms with Crippen molar-refractivity contribution in [2.75, 3.05) is 19.6 Å². The van der Waals surface area contributed by atoms with Gasteiger partial charge in [-0.15, -0.1) is 0 Å². The Morgan fingerprint density at radius 2 is 2.19 bits per heavy atom. The molecule has 2 fully saturated rings. The molecule has 1 aliphatic carbocycles. The Balaban J connectivity index is 2.06. The highest BCUT2D eigenvalue weighted by Gasteiger charge is 2.42. The second-order valence-corrected chi connectivity index (χ2v) is 6.02. The van der Waals surface area contributed by atoms with E-state index in [-0.39, 0.29) is 11.3 Å². The molecule has 1 amide bonds. The van der Waals surface area contributed by atoms with Gasteiger partial charge in [0.15, 0.2) is 0 Å². The van der Waals surface area contributed by atoms with Crippen molar-refractivity contribution in [3.05, 3.63) is 0 Å². The van der Waals surface area contributed by atoms with Crippen LogP contribution in [0.15, 0.2) is 0 Å². The molecule has 0 aromatic carbocycles. The number of hydrogen-bond donors (Lipinski definition) is 1. The van der Waals surface area contributed by atoms with E-state index >= 15 is 0 Å². The smallest absolute Gasteiger partial charge is 0.226 e. The summed E-state index contributed by atoms with van der Waals surface area (Å²) in [6.07, 6.45) is 3.50. The lowest BCUT2D eigenvalue weighted by atomic mass is 9.81. The van der Waals surface area contributed by atoms with E-state index in [1.54, 1.807) is 0 Å². The van der Waals surface area contributed by atoms with E-state index in [4.69, 9.17) is 0 Å². The van der Waals surface area contributed by atoms with Crippen LogP contribution in [-0.4, -0.2) is 36.5 Å². The maximum Gasteiger partial charge on any atom is 0.226 e. The van der Waals surface area contributed by atoms with Crippen molar-refractivity contribution < 1.29 is 4.79 Å². The zero-order chi connectivity index (χ0) is 11.8. The number of amides is 1. The monoisotopic (exact) mass is 224 g/mol. The van der Waals surface area contributed by atoms with Crippen LogP contribution in [0.4, 0.5) is 0 Å². The Morgan fingerprint density at radius 3 is 2.75 bits per heavy atom. The molecule has 3 heteroatoms. The molecule has 1 aliphatic heterocycles. The summed E-state index contributed by atoms with van der Waals surface area (Å²) in [6, 6.07) is 0.359. The minimum Gasteiger partial charge on any atom is -0.337 e. The molecule has 1 saturated heterocycles. The fourth-order valence-electron chi connectivity index (χ4n) is 3.15. The zero-order valence-electron chi connectivity index (χ0n) is 10.8.